The van der Waals surface area contributed by atoms with E-state index in [-0.39, 0.29) is 36.9 Å². The number of nitrogens with zero attached hydrogens (tertiary/aromatic N) is 5. The van der Waals surface area contributed by atoms with Crippen LogP contribution in [0.1, 0.15) is 77.3 Å². The number of carbonyl (C=O) groups is 4. The number of phenols is 1. The van der Waals surface area contributed by atoms with E-state index in [0.29, 0.717) is 51.0 Å². The molecule has 0 unspecified atom stereocenters. The molecule has 0 saturated carbocycles. The lowest BCUT2D eigenvalue weighted by Crippen LogP contribution is -2.62. The first-order valence-corrected chi connectivity index (χ1v) is 22.1. The molecule has 3 amide bonds. The molecule has 2 aromatic heterocycles. The van der Waals surface area contributed by atoms with Gasteiger partial charge in [0.2, 0.25) is 5.91 Å². The highest BCUT2D eigenvalue weighted by Crippen LogP contribution is 2.42. The van der Waals surface area contributed by atoms with Crippen molar-refractivity contribution in [1.82, 2.24) is 35.1 Å². The number of likely N-dealkylation sites (tertiary alicyclic amines) is 1. The zero-order valence-electron chi connectivity index (χ0n) is 38.1. The summed E-state index contributed by atoms with van der Waals surface area (Å²) < 4.78 is 19.9. The highest BCUT2D eigenvalue weighted by atomic mass is 16.6. The van der Waals surface area contributed by atoms with Gasteiger partial charge in [-0.15, -0.1) is 0 Å². The van der Waals surface area contributed by atoms with Crippen LogP contribution in [0.15, 0.2) is 54.7 Å². The van der Waals surface area contributed by atoms with Gasteiger partial charge in [-0.2, -0.15) is 0 Å². The number of likely N-dealkylation sites (N-methyl/N-ethyl adjacent to an activating group) is 2. The largest absolute Gasteiger partial charge is 0.508 e. The third kappa shape index (κ3) is 9.70. The summed E-state index contributed by atoms with van der Waals surface area (Å²) in [5, 5.41) is 16.6. The summed E-state index contributed by atoms with van der Waals surface area (Å²) in [5.41, 5.74) is 9.61. The molecule has 2 aromatic carbocycles. The monoisotopic (exact) mass is 865 g/mol. The first-order valence-electron chi connectivity index (χ1n) is 22.1. The number of phenolic OH excluding ortho intramolecular Hbond substituents is 1. The second-order valence-corrected chi connectivity index (χ2v) is 18.6. The number of benzene rings is 2. The van der Waals surface area contributed by atoms with E-state index in [0.717, 1.165) is 44.5 Å². The van der Waals surface area contributed by atoms with Crippen LogP contribution < -0.4 is 10.7 Å². The molecule has 2 fully saturated rings. The van der Waals surface area contributed by atoms with Crippen LogP contribution in [0.2, 0.25) is 0 Å². The average Bonchev–Trinajstić information content (AvgIpc) is 3.54. The number of cyclic esters (lactones) is 1. The number of hydrazine groups is 1. The lowest BCUT2D eigenvalue weighted by molar-refractivity contribution is -0.155. The maximum Gasteiger partial charge on any atom is 0.410 e. The minimum atomic E-state index is -1.14. The van der Waals surface area contributed by atoms with E-state index in [4.69, 9.17) is 19.2 Å². The number of nitrogens with one attached hydrogen (secondary N) is 2. The number of aryl methyl sites for hydroxylation is 1. The van der Waals surface area contributed by atoms with Crippen LogP contribution in [0.5, 0.6) is 5.75 Å². The van der Waals surface area contributed by atoms with E-state index in [1.807, 2.05) is 50.9 Å². The summed E-state index contributed by atoms with van der Waals surface area (Å²) in [6.45, 7) is 14.2. The molecular formula is C48H63N7O8. The molecule has 0 aliphatic carbocycles. The summed E-state index contributed by atoms with van der Waals surface area (Å²) in [6.07, 6.45) is 2.15. The number of methoxy groups -OCH3 is 1. The molecule has 2 saturated heterocycles. The number of amides is 3. The van der Waals surface area contributed by atoms with Crippen LogP contribution in [0.4, 0.5) is 4.79 Å². The second kappa shape index (κ2) is 18.7. The minimum Gasteiger partial charge on any atom is -0.508 e. The molecule has 7 rings (SSSR count). The number of ether oxygens (including phenoxy) is 3. The molecule has 3 aliphatic heterocycles. The SMILES string of the molecule is CCn1c(-c2cccnc2[C@H](C)OC)c2c3cc(ccc31)-c1cc(O)cc(c1)C[C@H](NC(=O)[C@H](C(C)C)N(C)C(=O)OC1CN(C)C1)C(=O)N1CCC[C@H](N1)C(=O)OCC(C)(C)C2. The molecule has 3 aliphatic rings. The van der Waals surface area contributed by atoms with Gasteiger partial charge in [0.15, 0.2) is 0 Å². The molecule has 15 heteroatoms. The standard InChI is InChI=1S/C48H63N7O8/c1-10-54-40-16-15-31-23-36(40)37(43(54)35-13-11-17-49-41(35)29(4)61-9)24-48(5,6)27-62-46(59)38-14-12-18-55(51-38)45(58)39(21-30-19-32(31)22-33(56)20-30)50-44(57)42(28(2)3)53(8)47(60)63-34-25-52(7)26-34/h11,13,15-17,19-20,22-23,28-29,34,38-39,42,51,56H,10,12,14,18,21,24-27H2,1-9H3,(H,50,57)/t29-,38-,39-,42-/m0/s1. The van der Waals surface area contributed by atoms with E-state index in [2.05, 4.69) is 54.3 Å². The van der Waals surface area contributed by atoms with Crippen molar-refractivity contribution < 1.29 is 38.5 Å². The van der Waals surface area contributed by atoms with Gasteiger partial charge in [-0.25, -0.2) is 10.2 Å². The fourth-order valence-electron chi connectivity index (χ4n) is 9.31. The van der Waals surface area contributed by atoms with Crippen molar-refractivity contribution in [2.24, 2.45) is 11.3 Å². The van der Waals surface area contributed by atoms with Crippen LogP contribution in [-0.4, -0.2) is 125 Å². The Morgan fingerprint density at radius 2 is 1.86 bits per heavy atom. The van der Waals surface area contributed by atoms with Crippen LogP contribution in [0, 0.1) is 11.3 Å². The molecule has 15 nitrogen and oxygen atoms in total. The first-order chi connectivity index (χ1) is 30.0. The number of carbonyl (C=O) groups excluding carboxylic acids is 4. The van der Waals surface area contributed by atoms with Crippen molar-refractivity contribution in [2.75, 3.05) is 47.4 Å². The molecular weight excluding hydrogens is 803 g/mol. The number of aromatic nitrogens is 2. The van der Waals surface area contributed by atoms with Crippen LogP contribution in [-0.2, 0) is 48.0 Å². The molecule has 3 N–H and O–H groups in total. The fourth-order valence-corrected chi connectivity index (χ4v) is 9.31. The van der Waals surface area contributed by atoms with Crippen LogP contribution in [0.3, 0.4) is 0 Å². The van der Waals surface area contributed by atoms with E-state index < -0.39 is 47.4 Å². The Bertz CT molecular complexity index is 2350. The number of hydrogen-bond acceptors (Lipinski definition) is 11. The van der Waals surface area contributed by atoms with Gasteiger partial charge >= 0.3 is 12.1 Å². The summed E-state index contributed by atoms with van der Waals surface area (Å²) in [7, 11) is 5.14. The quantitative estimate of drug-likeness (QED) is 0.173. The van der Waals surface area contributed by atoms with Gasteiger partial charge in [0.1, 0.15) is 30.0 Å². The maximum absolute atomic E-state index is 14.6. The van der Waals surface area contributed by atoms with Gasteiger partial charge in [0.05, 0.1) is 24.1 Å². The van der Waals surface area contributed by atoms with Crippen molar-refractivity contribution in [2.45, 2.75) is 104 Å². The van der Waals surface area contributed by atoms with Gasteiger partial charge in [-0.1, -0.05) is 39.8 Å². The Morgan fingerprint density at radius 1 is 1.10 bits per heavy atom. The number of rotatable bonds is 9. The zero-order valence-corrected chi connectivity index (χ0v) is 38.1. The molecule has 0 radical (unpaired) electrons. The van der Waals surface area contributed by atoms with E-state index in [1.54, 1.807) is 25.4 Å². The maximum atomic E-state index is 14.6. The Hall–Kier alpha value is -5.51. The number of esters is 1. The van der Waals surface area contributed by atoms with E-state index in [1.165, 1.54) is 17.0 Å². The third-order valence-corrected chi connectivity index (χ3v) is 12.6. The number of aromatic hydroxyl groups is 1. The first kappa shape index (κ1) is 45.5. The van der Waals surface area contributed by atoms with E-state index >= 15 is 0 Å². The second-order valence-electron chi connectivity index (χ2n) is 18.6. The van der Waals surface area contributed by atoms with Gasteiger partial charge in [0.25, 0.3) is 5.91 Å². The average molecular weight is 866 g/mol. The smallest absolute Gasteiger partial charge is 0.410 e. The predicted octanol–water partition coefficient (Wildman–Crippen LogP) is 5.86. The highest BCUT2D eigenvalue weighted by molar-refractivity contribution is 5.96. The summed E-state index contributed by atoms with van der Waals surface area (Å²) in [5.74, 6) is -1.80. The molecule has 4 atom stereocenters. The van der Waals surface area contributed by atoms with Gasteiger partial charge < -0.3 is 29.2 Å². The van der Waals surface area contributed by atoms with Crippen molar-refractivity contribution in [3.05, 3.63) is 71.5 Å². The van der Waals surface area contributed by atoms with Crippen molar-refractivity contribution in [1.29, 1.82) is 0 Å². The van der Waals surface area contributed by atoms with Gasteiger partial charge in [-0.3, -0.25) is 34.2 Å². The third-order valence-electron chi connectivity index (χ3n) is 12.6. The number of hydrogen-bond donors (Lipinski definition) is 3. The molecule has 63 heavy (non-hydrogen) atoms. The summed E-state index contributed by atoms with van der Waals surface area (Å²) >= 11 is 0. The summed E-state index contributed by atoms with van der Waals surface area (Å²) in [4.78, 5) is 64.2. The van der Waals surface area contributed by atoms with Gasteiger partial charge in [0, 0.05) is 74.8 Å². The van der Waals surface area contributed by atoms with Gasteiger partial charge in [-0.05, 0) is 105 Å². The van der Waals surface area contributed by atoms with Crippen LogP contribution in [0.25, 0.3) is 33.3 Å². The summed E-state index contributed by atoms with van der Waals surface area (Å²) in [6, 6.07) is 12.6. The Labute approximate surface area is 370 Å². The van der Waals surface area contributed by atoms with Crippen molar-refractivity contribution >= 4 is 34.8 Å². The zero-order chi connectivity index (χ0) is 45.3. The Morgan fingerprint density at radius 3 is 2.56 bits per heavy atom. The predicted molar refractivity (Wildman–Crippen MR) is 239 cm³/mol. The molecule has 338 valence electrons. The molecule has 0 spiro atoms. The molecule has 6 bridgehead atoms. The van der Waals surface area contributed by atoms with Crippen molar-refractivity contribution in [3.63, 3.8) is 0 Å². The lowest BCUT2D eigenvalue weighted by atomic mass is 9.84. The van der Waals surface area contributed by atoms with Crippen molar-refractivity contribution in [3.8, 4) is 28.1 Å². The minimum absolute atomic E-state index is 0.000613. The number of pyridine rings is 1. The lowest BCUT2D eigenvalue weighted by Gasteiger charge is -2.38. The fraction of sp³-hybridized carbons (Fsp3) is 0.521. The highest BCUT2D eigenvalue weighted by Gasteiger charge is 2.39. The Balaban J connectivity index is 1.32. The Kier molecular flexibility index (Phi) is 13.5. The topological polar surface area (TPSA) is 168 Å². The normalized spacial score (nSPS) is 20.7. The van der Waals surface area contributed by atoms with Crippen LogP contribution >= 0.6 is 0 Å². The van der Waals surface area contributed by atoms with E-state index in [9.17, 15) is 24.3 Å². The number of fused-ring (bicyclic) bond motifs is 6. The molecule has 5 heterocycles. The molecule has 4 aromatic rings.